The van der Waals surface area contributed by atoms with Gasteiger partial charge in [0.1, 0.15) is 5.82 Å². The molecule has 1 heterocycles. The lowest BCUT2D eigenvalue weighted by molar-refractivity contribution is 0.411. The van der Waals surface area contributed by atoms with Gasteiger partial charge < -0.3 is 4.98 Å². The number of hydrogen-bond acceptors (Lipinski definition) is 1. The highest BCUT2D eigenvalue weighted by atomic mass is 15.0. The van der Waals surface area contributed by atoms with Crippen molar-refractivity contribution in [3.05, 3.63) is 17.2 Å². The van der Waals surface area contributed by atoms with Gasteiger partial charge in [-0.15, -0.1) is 0 Å². The van der Waals surface area contributed by atoms with Gasteiger partial charge in [0.25, 0.3) is 0 Å². The summed E-state index contributed by atoms with van der Waals surface area (Å²) in [6.45, 7) is 18.5. The maximum absolute atomic E-state index is 5.12. The Balaban J connectivity index is 3.04. The molecule has 0 aliphatic rings. The molecular weight excluding hydrogens is 280 g/mol. The van der Waals surface area contributed by atoms with Crippen LogP contribution >= 0.6 is 0 Å². The summed E-state index contributed by atoms with van der Waals surface area (Å²) in [5.41, 5.74) is 3.04. The SMILES string of the molecule is CCC(C)(C)c1nc(C(C)(CC)CC)[nH]c1CCCCC(C)C. The third kappa shape index (κ3) is 5.09. The van der Waals surface area contributed by atoms with Crippen LogP contribution in [-0.4, -0.2) is 9.97 Å². The Bertz CT molecular complexity index is 464. The van der Waals surface area contributed by atoms with E-state index in [1.807, 2.05) is 0 Å². The first-order valence-electron chi connectivity index (χ1n) is 9.80. The second kappa shape index (κ2) is 8.35. The molecule has 0 radical (unpaired) electrons. The Kier molecular flexibility index (Phi) is 7.35. The fourth-order valence-electron chi connectivity index (χ4n) is 3.04. The summed E-state index contributed by atoms with van der Waals surface area (Å²) in [5.74, 6) is 2.01. The van der Waals surface area contributed by atoms with E-state index in [1.54, 1.807) is 0 Å². The Morgan fingerprint density at radius 3 is 2.04 bits per heavy atom. The molecule has 0 amide bonds. The fraction of sp³-hybridized carbons (Fsp3) is 0.857. The number of nitrogens with zero attached hydrogens (tertiary/aromatic N) is 1. The van der Waals surface area contributed by atoms with Crippen molar-refractivity contribution < 1.29 is 0 Å². The van der Waals surface area contributed by atoms with Crippen LogP contribution in [0.3, 0.4) is 0 Å². The lowest BCUT2D eigenvalue weighted by Crippen LogP contribution is -2.22. The zero-order chi connectivity index (χ0) is 17.7. The van der Waals surface area contributed by atoms with Crippen LogP contribution in [0.1, 0.15) is 111 Å². The maximum atomic E-state index is 5.12. The van der Waals surface area contributed by atoms with Crippen molar-refractivity contribution in [1.29, 1.82) is 0 Å². The predicted molar refractivity (Wildman–Crippen MR) is 102 cm³/mol. The zero-order valence-corrected chi connectivity index (χ0v) is 17.0. The van der Waals surface area contributed by atoms with Crippen LogP contribution in [0.15, 0.2) is 0 Å². The summed E-state index contributed by atoms with van der Waals surface area (Å²) in [6.07, 6.45) is 8.45. The van der Waals surface area contributed by atoms with Crippen LogP contribution in [-0.2, 0) is 17.3 Å². The van der Waals surface area contributed by atoms with Gasteiger partial charge in [-0.05, 0) is 38.0 Å². The first kappa shape index (κ1) is 20.3. The molecule has 0 saturated heterocycles. The van der Waals surface area contributed by atoms with Crippen LogP contribution in [0, 0.1) is 5.92 Å². The van der Waals surface area contributed by atoms with Crippen LogP contribution in [0.25, 0.3) is 0 Å². The molecule has 23 heavy (non-hydrogen) atoms. The third-order valence-electron chi connectivity index (χ3n) is 5.89. The monoisotopic (exact) mass is 320 g/mol. The molecule has 2 heteroatoms. The molecule has 0 saturated carbocycles. The van der Waals surface area contributed by atoms with Crippen molar-refractivity contribution in [2.75, 3.05) is 0 Å². The van der Waals surface area contributed by atoms with E-state index in [-0.39, 0.29) is 10.8 Å². The van der Waals surface area contributed by atoms with Gasteiger partial charge in [-0.1, -0.05) is 68.2 Å². The summed E-state index contributed by atoms with van der Waals surface area (Å²) in [4.78, 5) is 8.87. The first-order chi connectivity index (χ1) is 10.7. The zero-order valence-electron chi connectivity index (χ0n) is 17.0. The van der Waals surface area contributed by atoms with Crippen molar-refractivity contribution >= 4 is 0 Å². The molecule has 2 nitrogen and oxygen atoms in total. The largest absolute Gasteiger partial charge is 0.345 e. The standard InChI is InChI=1S/C21H40N2/c1-9-20(6,7)18-17(15-13-12-14-16(4)5)22-19(23-18)21(8,10-2)11-3/h16H,9-15H2,1-8H3,(H,22,23). The van der Waals surface area contributed by atoms with Crippen molar-refractivity contribution in [1.82, 2.24) is 9.97 Å². The molecule has 0 aromatic carbocycles. The smallest absolute Gasteiger partial charge is 0.112 e. The van der Waals surface area contributed by atoms with E-state index in [0.717, 1.165) is 31.6 Å². The van der Waals surface area contributed by atoms with Gasteiger partial charge in [0, 0.05) is 16.5 Å². The Morgan fingerprint density at radius 2 is 1.57 bits per heavy atom. The summed E-state index contributed by atoms with van der Waals surface area (Å²) in [6, 6.07) is 0. The maximum Gasteiger partial charge on any atom is 0.112 e. The minimum Gasteiger partial charge on any atom is -0.345 e. The molecular formula is C21H40N2. The number of aryl methyl sites for hydroxylation is 1. The molecule has 0 bridgehead atoms. The molecule has 134 valence electrons. The van der Waals surface area contributed by atoms with Crippen LogP contribution in [0.5, 0.6) is 0 Å². The average Bonchev–Trinajstić information content (AvgIpc) is 2.96. The number of H-pyrrole nitrogens is 1. The van der Waals surface area contributed by atoms with Crippen molar-refractivity contribution in [3.8, 4) is 0 Å². The van der Waals surface area contributed by atoms with E-state index in [4.69, 9.17) is 4.98 Å². The van der Waals surface area contributed by atoms with Crippen LogP contribution in [0.2, 0.25) is 0 Å². The van der Waals surface area contributed by atoms with Gasteiger partial charge in [-0.2, -0.15) is 0 Å². The van der Waals surface area contributed by atoms with E-state index in [9.17, 15) is 0 Å². The third-order valence-corrected chi connectivity index (χ3v) is 5.89. The molecule has 1 N–H and O–H groups in total. The number of nitrogens with one attached hydrogen (secondary N) is 1. The number of imidazole rings is 1. The van der Waals surface area contributed by atoms with E-state index in [2.05, 4.69) is 60.4 Å². The second-order valence-corrected chi connectivity index (χ2v) is 8.56. The molecule has 0 aliphatic heterocycles. The Labute approximate surface area is 144 Å². The highest BCUT2D eigenvalue weighted by molar-refractivity contribution is 5.26. The lowest BCUT2D eigenvalue weighted by Gasteiger charge is -2.24. The summed E-state index contributed by atoms with van der Waals surface area (Å²) >= 11 is 0. The van der Waals surface area contributed by atoms with Crippen molar-refractivity contribution in [2.24, 2.45) is 5.92 Å². The van der Waals surface area contributed by atoms with E-state index in [0.29, 0.717) is 0 Å². The number of unbranched alkanes of at least 4 members (excludes halogenated alkanes) is 1. The van der Waals surface area contributed by atoms with Gasteiger partial charge >= 0.3 is 0 Å². The predicted octanol–water partition coefficient (Wildman–Crippen LogP) is 6.54. The quantitative estimate of drug-likeness (QED) is 0.487. The van der Waals surface area contributed by atoms with Crippen molar-refractivity contribution in [3.63, 3.8) is 0 Å². The Morgan fingerprint density at radius 1 is 0.957 bits per heavy atom. The molecule has 0 unspecified atom stereocenters. The number of aromatic nitrogens is 2. The minimum absolute atomic E-state index is 0.157. The van der Waals surface area contributed by atoms with Gasteiger partial charge in [0.2, 0.25) is 0 Å². The first-order valence-corrected chi connectivity index (χ1v) is 9.80. The second-order valence-electron chi connectivity index (χ2n) is 8.56. The van der Waals surface area contributed by atoms with Gasteiger partial charge in [-0.3, -0.25) is 0 Å². The number of hydrogen-bond donors (Lipinski definition) is 1. The van der Waals surface area contributed by atoms with E-state index in [1.165, 1.54) is 36.5 Å². The topological polar surface area (TPSA) is 28.7 Å². The summed E-state index contributed by atoms with van der Waals surface area (Å²) in [7, 11) is 0. The minimum atomic E-state index is 0.157. The molecule has 0 spiro atoms. The molecule has 1 aromatic heterocycles. The average molecular weight is 321 g/mol. The Hall–Kier alpha value is -0.790. The molecule has 1 rings (SSSR count). The van der Waals surface area contributed by atoms with Crippen molar-refractivity contribution in [2.45, 2.75) is 111 Å². The summed E-state index contributed by atoms with van der Waals surface area (Å²) in [5, 5.41) is 0. The molecule has 0 aliphatic carbocycles. The van der Waals surface area contributed by atoms with Gasteiger partial charge in [0.15, 0.2) is 0 Å². The summed E-state index contributed by atoms with van der Waals surface area (Å²) < 4.78 is 0. The van der Waals surface area contributed by atoms with E-state index < -0.39 is 0 Å². The molecule has 0 fully saturated rings. The van der Waals surface area contributed by atoms with Crippen LogP contribution in [0.4, 0.5) is 0 Å². The van der Waals surface area contributed by atoms with E-state index >= 15 is 0 Å². The van der Waals surface area contributed by atoms with Gasteiger partial charge in [-0.25, -0.2) is 4.98 Å². The highest BCUT2D eigenvalue weighted by Gasteiger charge is 2.31. The molecule has 1 aromatic rings. The molecule has 0 atom stereocenters. The number of rotatable bonds is 10. The number of aromatic amines is 1. The van der Waals surface area contributed by atoms with Gasteiger partial charge in [0.05, 0.1) is 5.69 Å². The normalized spacial score (nSPS) is 13.1. The van der Waals surface area contributed by atoms with Crippen LogP contribution < -0.4 is 0 Å². The highest BCUT2D eigenvalue weighted by Crippen LogP contribution is 2.34. The lowest BCUT2D eigenvalue weighted by atomic mass is 9.83. The fourth-order valence-corrected chi connectivity index (χ4v) is 3.04.